The van der Waals surface area contributed by atoms with Gasteiger partial charge >= 0.3 is 0 Å². The summed E-state index contributed by atoms with van der Waals surface area (Å²) < 4.78 is 13.8. The van der Waals surface area contributed by atoms with Gasteiger partial charge in [-0.1, -0.05) is 36.1 Å². The van der Waals surface area contributed by atoms with Crippen molar-refractivity contribution in [2.45, 2.75) is 44.6 Å². The summed E-state index contributed by atoms with van der Waals surface area (Å²) >= 11 is 5.92. The van der Waals surface area contributed by atoms with Crippen LogP contribution in [0.1, 0.15) is 50.1 Å². The summed E-state index contributed by atoms with van der Waals surface area (Å²) in [6, 6.07) is 4.23. The van der Waals surface area contributed by atoms with Crippen LogP contribution in [0.25, 0.3) is 0 Å². The average molecular weight is 268 g/mol. The molecule has 3 heteroatoms. The van der Waals surface area contributed by atoms with Gasteiger partial charge in [-0.2, -0.15) is 0 Å². The van der Waals surface area contributed by atoms with Gasteiger partial charge in [0.1, 0.15) is 5.82 Å². The van der Waals surface area contributed by atoms with Gasteiger partial charge in [0, 0.05) is 10.6 Å². The highest BCUT2D eigenvalue weighted by Gasteiger charge is 2.16. The molecule has 0 spiro atoms. The Kier molecular flexibility index (Phi) is 4.79. The molecule has 0 amide bonds. The number of benzene rings is 1. The van der Waals surface area contributed by atoms with E-state index in [0.29, 0.717) is 10.6 Å². The van der Waals surface area contributed by atoms with Crippen LogP contribution in [-0.2, 0) is 0 Å². The molecule has 0 aromatic heterocycles. The molecule has 0 bridgehead atoms. The van der Waals surface area contributed by atoms with E-state index in [9.17, 15) is 4.39 Å². The lowest BCUT2D eigenvalue weighted by molar-refractivity contribution is 0.574. The number of nitrogens with two attached hydrogens (primary N) is 1. The van der Waals surface area contributed by atoms with Gasteiger partial charge in [0.15, 0.2) is 0 Å². The summed E-state index contributed by atoms with van der Waals surface area (Å²) in [6.07, 6.45) is 9.06. The topological polar surface area (TPSA) is 26.0 Å². The van der Waals surface area contributed by atoms with Crippen LogP contribution in [0, 0.1) is 5.82 Å². The van der Waals surface area contributed by atoms with Gasteiger partial charge in [0.2, 0.25) is 0 Å². The Morgan fingerprint density at radius 1 is 1.17 bits per heavy atom. The first kappa shape index (κ1) is 13.6. The van der Waals surface area contributed by atoms with Crippen LogP contribution in [0.5, 0.6) is 0 Å². The van der Waals surface area contributed by atoms with Crippen molar-refractivity contribution in [3.8, 4) is 0 Å². The Balaban J connectivity index is 2.23. The third-order valence-electron chi connectivity index (χ3n) is 3.52. The van der Waals surface area contributed by atoms with E-state index in [2.05, 4.69) is 6.08 Å². The van der Waals surface area contributed by atoms with E-state index in [1.165, 1.54) is 25.3 Å². The zero-order valence-electron chi connectivity index (χ0n) is 10.5. The zero-order chi connectivity index (χ0) is 13.0. The largest absolute Gasteiger partial charge is 0.320 e. The predicted molar refractivity (Wildman–Crippen MR) is 74.1 cm³/mol. The third kappa shape index (κ3) is 3.33. The molecule has 0 saturated carbocycles. The average Bonchev–Trinajstić information content (AvgIpc) is 2.31. The van der Waals surface area contributed by atoms with Gasteiger partial charge < -0.3 is 5.73 Å². The van der Waals surface area contributed by atoms with Crippen LogP contribution in [0.2, 0.25) is 5.02 Å². The van der Waals surface area contributed by atoms with E-state index in [1.54, 1.807) is 12.1 Å². The molecule has 2 N–H and O–H groups in total. The fraction of sp³-hybridized carbons (Fsp3) is 0.467. The minimum atomic E-state index is -0.359. The first-order valence-electron chi connectivity index (χ1n) is 6.58. The molecule has 18 heavy (non-hydrogen) atoms. The van der Waals surface area contributed by atoms with Crippen molar-refractivity contribution in [2.75, 3.05) is 0 Å². The van der Waals surface area contributed by atoms with Gasteiger partial charge in [0.25, 0.3) is 0 Å². The molecular weight excluding hydrogens is 249 g/mol. The van der Waals surface area contributed by atoms with E-state index in [4.69, 9.17) is 17.3 Å². The molecule has 1 nitrogen and oxygen atoms in total. The van der Waals surface area contributed by atoms with E-state index in [-0.39, 0.29) is 11.9 Å². The maximum absolute atomic E-state index is 13.8. The van der Waals surface area contributed by atoms with Crippen LogP contribution in [0.15, 0.2) is 29.8 Å². The van der Waals surface area contributed by atoms with E-state index in [1.807, 2.05) is 0 Å². The molecule has 1 unspecified atom stereocenters. The molecule has 0 aliphatic heterocycles. The van der Waals surface area contributed by atoms with E-state index >= 15 is 0 Å². The predicted octanol–water partition coefficient (Wildman–Crippen LogP) is 4.76. The van der Waals surface area contributed by atoms with Crippen LogP contribution in [-0.4, -0.2) is 0 Å². The van der Waals surface area contributed by atoms with Crippen molar-refractivity contribution >= 4 is 11.6 Å². The third-order valence-corrected chi connectivity index (χ3v) is 3.75. The monoisotopic (exact) mass is 267 g/mol. The van der Waals surface area contributed by atoms with Crippen LogP contribution >= 0.6 is 11.6 Å². The smallest absolute Gasteiger partial charge is 0.128 e. The fourth-order valence-corrected chi connectivity index (χ4v) is 2.63. The van der Waals surface area contributed by atoms with Crippen molar-refractivity contribution < 1.29 is 4.39 Å². The molecule has 1 aliphatic carbocycles. The standard InChI is InChI=1S/C15H19ClFN/c16-12-8-9-14(17)13(10-12)15(18)11-6-4-2-1-3-5-7-11/h6,8-10,15H,1-5,7,18H2/b11-6+. The number of hydrogen-bond acceptors (Lipinski definition) is 1. The second-order valence-electron chi connectivity index (χ2n) is 4.88. The summed E-state index contributed by atoms with van der Waals surface area (Å²) in [6.45, 7) is 0. The Hall–Kier alpha value is -0.860. The Morgan fingerprint density at radius 3 is 2.78 bits per heavy atom. The van der Waals surface area contributed by atoms with Gasteiger partial charge in [-0.3, -0.25) is 0 Å². The summed E-state index contributed by atoms with van der Waals surface area (Å²) in [5, 5.41) is 0.535. The van der Waals surface area contributed by atoms with Crippen LogP contribution in [0.3, 0.4) is 0 Å². The number of rotatable bonds is 2. The maximum Gasteiger partial charge on any atom is 0.128 e. The van der Waals surface area contributed by atoms with Crippen molar-refractivity contribution in [1.29, 1.82) is 0 Å². The number of halogens is 2. The van der Waals surface area contributed by atoms with E-state index < -0.39 is 0 Å². The van der Waals surface area contributed by atoms with Gasteiger partial charge in [-0.15, -0.1) is 0 Å². The lowest BCUT2D eigenvalue weighted by atomic mass is 9.91. The quantitative estimate of drug-likeness (QED) is 0.768. The summed E-state index contributed by atoms with van der Waals surface area (Å²) in [4.78, 5) is 0. The van der Waals surface area contributed by atoms with Gasteiger partial charge in [-0.25, -0.2) is 4.39 Å². The molecule has 0 saturated heterocycles. The fourth-order valence-electron chi connectivity index (χ4n) is 2.45. The normalized spacial score (nSPS) is 21.6. The Labute approximate surface area is 113 Å². The molecule has 1 aliphatic rings. The van der Waals surface area contributed by atoms with Crippen molar-refractivity contribution in [3.63, 3.8) is 0 Å². The summed E-state index contributed by atoms with van der Waals surface area (Å²) in [5.41, 5.74) is 7.85. The molecule has 1 aromatic rings. The number of allylic oxidation sites excluding steroid dienone is 1. The van der Waals surface area contributed by atoms with Crippen molar-refractivity contribution in [2.24, 2.45) is 5.73 Å². The first-order valence-corrected chi connectivity index (χ1v) is 6.96. The van der Waals surface area contributed by atoms with Crippen LogP contribution < -0.4 is 5.73 Å². The lowest BCUT2D eigenvalue weighted by Crippen LogP contribution is -2.15. The van der Waals surface area contributed by atoms with E-state index in [0.717, 1.165) is 24.8 Å². The molecule has 0 fully saturated rings. The zero-order valence-corrected chi connectivity index (χ0v) is 11.2. The Bertz CT molecular complexity index is 442. The SMILES string of the molecule is NC(/C1=C/CCCCCC1)c1cc(Cl)ccc1F. The minimum Gasteiger partial charge on any atom is -0.320 e. The molecule has 0 heterocycles. The maximum atomic E-state index is 13.8. The van der Waals surface area contributed by atoms with Gasteiger partial charge in [-0.05, 0) is 43.9 Å². The highest BCUT2D eigenvalue weighted by Crippen LogP contribution is 2.29. The second kappa shape index (κ2) is 6.35. The molecular formula is C15H19ClFN. The lowest BCUT2D eigenvalue weighted by Gasteiger charge is -2.19. The molecule has 1 atom stereocenters. The van der Waals surface area contributed by atoms with Gasteiger partial charge in [0.05, 0.1) is 6.04 Å². The van der Waals surface area contributed by atoms with Crippen molar-refractivity contribution in [1.82, 2.24) is 0 Å². The highest BCUT2D eigenvalue weighted by atomic mass is 35.5. The Morgan fingerprint density at radius 2 is 1.94 bits per heavy atom. The molecule has 98 valence electrons. The molecule has 2 rings (SSSR count). The summed E-state index contributed by atoms with van der Waals surface area (Å²) in [5.74, 6) is -0.269. The number of hydrogen-bond donors (Lipinski definition) is 1. The minimum absolute atomic E-state index is 0.269. The second-order valence-corrected chi connectivity index (χ2v) is 5.31. The molecule has 0 radical (unpaired) electrons. The van der Waals surface area contributed by atoms with Crippen LogP contribution in [0.4, 0.5) is 4.39 Å². The highest BCUT2D eigenvalue weighted by molar-refractivity contribution is 6.30. The summed E-state index contributed by atoms with van der Waals surface area (Å²) in [7, 11) is 0. The van der Waals surface area contributed by atoms with Crippen molar-refractivity contribution in [3.05, 3.63) is 46.3 Å². The molecule has 1 aromatic carbocycles. The first-order chi connectivity index (χ1) is 8.68.